The SMILES string of the molecule is C[C@H](NC(=O)CCS(C)(=O)=O)c1nc(-c2cccnc2)no1. The van der Waals surface area contributed by atoms with E-state index in [0.29, 0.717) is 11.4 Å². The Morgan fingerprint density at radius 1 is 1.45 bits per heavy atom. The standard InChI is InChI=1S/C13H16N4O4S/c1-9(15-11(18)5-7-22(2,19)20)13-16-12(17-21-13)10-4-3-6-14-8-10/h3-4,6,8-9H,5,7H2,1-2H3,(H,15,18)/t9-/m0/s1. The van der Waals surface area contributed by atoms with Gasteiger partial charge in [0.05, 0.1) is 5.75 Å². The summed E-state index contributed by atoms with van der Waals surface area (Å²) in [6.07, 6.45) is 4.22. The summed E-state index contributed by atoms with van der Waals surface area (Å²) in [6.45, 7) is 1.68. The van der Waals surface area contributed by atoms with Crippen LogP contribution in [0.1, 0.15) is 25.3 Å². The monoisotopic (exact) mass is 324 g/mol. The van der Waals surface area contributed by atoms with Gasteiger partial charge in [0.25, 0.3) is 0 Å². The molecule has 0 spiro atoms. The van der Waals surface area contributed by atoms with Gasteiger partial charge < -0.3 is 9.84 Å². The first kappa shape index (κ1) is 16.1. The second-order valence-corrected chi connectivity index (χ2v) is 7.13. The predicted octanol–water partition coefficient (Wildman–Crippen LogP) is 0.744. The van der Waals surface area contributed by atoms with E-state index in [1.165, 1.54) is 0 Å². The fourth-order valence-electron chi connectivity index (χ4n) is 1.68. The second-order valence-electron chi connectivity index (χ2n) is 4.87. The van der Waals surface area contributed by atoms with Crippen LogP contribution >= 0.6 is 0 Å². The van der Waals surface area contributed by atoms with Crippen LogP contribution in [-0.2, 0) is 14.6 Å². The molecule has 2 rings (SSSR count). The Kier molecular flexibility index (Phi) is 4.86. The second kappa shape index (κ2) is 6.65. The Bertz CT molecular complexity index is 742. The van der Waals surface area contributed by atoms with Crippen LogP contribution in [0.2, 0.25) is 0 Å². The number of hydrogen-bond acceptors (Lipinski definition) is 7. The molecule has 0 unspecified atom stereocenters. The molecule has 1 atom stereocenters. The molecule has 1 amide bonds. The third-order valence-corrected chi connectivity index (χ3v) is 3.76. The zero-order chi connectivity index (χ0) is 16.2. The molecule has 1 N–H and O–H groups in total. The van der Waals surface area contributed by atoms with Gasteiger partial charge in [0.2, 0.25) is 17.6 Å². The Balaban J connectivity index is 1.97. The summed E-state index contributed by atoms with van der Waals surface area (Å²) in [5, 5.41) is 6.45. The van der Waals surface area contributed by atoms with Gasteiger partial charge in [-0.2, -0.15) is 4.98 Å². The third kappa shape index (κ3) is 4.62. The number of hydrogen-bond donors (Lipinski definition) is 1. The zero-order valence-electron chi connectivity index (χ0n) is 12.2. The number of carbonyl (C=O) groups is 1. The van der Waals surface area contributed by atoms with Crippen LogP contribution in [0.5, 0.6) is 0 Å². The summed E-state index contributed by atoms with van der Waals surface area (Å²) in [4.78, 5) is 19.8. The van der Waals surface area contributed by atoms with E-state index in [4.69, 9.17) is 4.52 Å². The van der Waals surface area contributed by atoms with Crippen molar-refractivity contribution < 1.29 is 17.7 Å². The molecule has 9 heteroatoms. The number of nitrogens with one attached hydrogen (secondary N) is 1. The Morgan fingerprint density at radius 2 is 2.23 bits per heavy atom. The van der Waals surface area contributed by atoms with E-state index in [1.807, 2.05) is 0 Å². The van der Waals surface area contributed by atoms with Gasteiger partial charge in [-0.3, -0.25) is 9.78 Å². The van der Waals surface area contributed by atoms with Crippen molar-refractivity contribution >= 4 is 15.7 Å². The zero-order valence-corrected chi connectivity index (χ0v) is 13.0. The topological polar surface area (TPSA) is 115 Å². The summed E-state index contributed by atoms with van der Waals surface area (Å²) in [5.74, 6) is 0.0296. The highest BCUT2D eigenvalue weighted by Gasteiger charge is 2.18. The van der Waals surface area contributed by atoms with Crippen molar-refractivity contribution in [2.45, 2.75) is 19.4 Å². The van der Waals surface area contributed by atoms with Crippen molar-refractivity contribution in [1.29, 1.82) is 0 Å². The van der Waals surface area contributed by atoms with E-state index >= 15 is 0 Å². The largest absolute Gasteiger partial charge is 0.345 e. The molecule has 0 fully saturated rings. The van der Waals surface area contributed by atoms with E-state index in [1.54, 1.807) is 31.5 Å². The number of rotatable bonds is 6. The van der Waals surface area contributed by atoms with Crippen LogP contribution in [0.15, 0.2) is 29.0 Å². The minimum Gasteiger partial charge on any atom is -0.345 e. The molecule has 0 aliphatic heterocycles. The first-order valence-electron chi connectivity index (χ1n) is 6.56. The van der Waals surface area contributed by atoms with Gasteiger partial charge in [0.1, 0.15) is 15.9 Å². The molecule has 2 aromatic heterocycles. The van der Waals surface area contributed by atoms with E-state index in [0.717, 1.165) is 6.26 Å². The Morgan fingerprint density at radius 3 is 2.86 bits per heavy atom. The molecule has 0 bridgehead atoms. The summed E-state index contributed by atoms with van der Waals surface area (Å²) in [5.41, 5.74) is 0.702. The molecule has 22 heavy (non-hydrogen) atoms. The van der Waals surface area contributed by atoms with E-state index < -0.39 is 15.9 Å². The molecule has 0 saturated heterocycles. The number of aromatic nitrogens is 3. The lowest BCUT2D eigenvalue weighted by atomic mass is 10.2. The number of pyridine rings is 1. The molecule has 0 aliphatic carbocycles. The molecule has 0 radical (unpaired) electrons. The molecule has 118 valence electrons. The summed E-state index contributed by atoms with van der Waals surface area (Å²) in [7, 11) is -3.17. The number of sulfone groups is 1. The predicted molar refractivity (Wildman–Crippen MR) is 78.4 cm³/mol. The van der Waals surface area contributed by atoms with Gasteiger partial charge >= 0.3 is 0 Å². The average Bonchev–Trinajstić information content (AvgIpc) is 2.95. The summed E-state index contributed by atoms with van der Waals surface area (Å²) in [6, 6.07) is 3.03. The summed E-state index contributed by atoms with van der Waals surface area (Å²) >= 11 is 0. The van der Waals surface area contributed by atoms with Crippen molar-refractivity contribution in [3.05, 3.63) is 30.4 Å². The summed E-state index contributed by atoms with van der Waals surface area (Å²) < 4.78 is 27.2. The van der Waals surface area contributed by atoms with Crippen LogP contribution in [0.3, 0.4) is 0 Å². The fraction of sp³-hybridized carbons (Fsp3) is 0.385. The van der Waals surface area contributed by atoms with Gasteiger partial charge in [-0.25, -0.2) is 8.42 Å². The van der Waals surface area contributed by atoms with E-state index in [2.05, 4.69) is 20.4 Å². The van der Waals surface area contributed by atoms with E-state index in [9.17, 15) is 13.2 Å². The van der Waals surface area contributed by atoms with Crippen molar-refractivity contribution in [3.8, 4) is 11.4 Å². The molecule has 2 heterocycles. The third-order valence-electron chi connectivity index (χ3n) is 2.81. The van der Waals surface area contributed by atoms with Gasteiger partial charge in [-0.05, 0) is 19.1 Å². The Labute approximate surface area is 127 Å². The highest BCUT2D eigenvalue weighted by Crippen LogP contribution is 2.17. The maximum atomic E-state index is 11.7. The quantitative estimate of drug-likeness (QED) is 0.833. The molecular weight excluding hydrogens is 308 g/mol. The van der Waals surface area contributed by atoms with Gasteiger partial charge in [-0.15, -0.1) is 0 Å². The minimum atomic E-state index is -3.17. The molecule has 0 saturated carbocycles. The number of carbonyl (C=O) groups excluding carboxylic acids is 1. The average molecular weight is 324 g/mol. The van der Waals surface area contributed by atoms with E-state index in [-0.39, 0.29) is 24.0 Å². The van der Waals surface area contributed by atoms with Crippen LogP contribution in [0.25, 0.3) is 11.4 Å². The molecular formula is C13H16N4O4S. The normalized spacial score (nSPS) is 12.8. The lowest BCUT2D eigenvalue weighted by Crippen LogP contribution is -2.28. The van der Waals surface area contributed by atoms with Gasteiger partial charge in [-0.1, -0.05) is 5.16 Å². The van der Waals surface area contributed by atoms with Crippen LogP contribution in [0, 0.1) is 0 Å². The van der Waals surface area contributed by atoms with Crippen LogP contribution in [-0.4, -0.2) is 41.5 Å². The first-order chi connectivity index (χ1) is 10.3. The van der Waals surface area contributed by atoms with Gasteiger partial charge in [0, 0.05) is 30.6 Å². The van der Waals surface area contributed by atoms with Crippen molar-refractivity contribution in [1.82, 2.24) is 20.4 Å². The highest BCUT2D eigenvalue weighted by atomic mass is 32.2. The molecule has 2 aromatic rings. The molecule has 0 aliphatic rings. The lowest BCUT2D eigenvalue weighted by molar-refractivity contribution is -0.121. The number of amides is 1. The van der Waals surface area contributed by atoms with Crippen LogP contribution in [0.4, 0.5) is 0 Å². The highest BCUT2D eigenvalue weighted by molar-refractivity contribution is 7.90. The van der Waals surface area contributed by atoms with Gasteiger partial charge in [0.15, 0.2) is 0 Å². The number of nitrogens with zero attached hydrogens (tertiary/aromatic N) is 3. The first-order valence-corrected chi connectivity index (χ1v) is 8.62. The van der Waals surface area contributed by atoms with Crippen molar-refractivity contribution in [2.75, 3.05) is 12.0 Å². The van der Waals surface area contributed by atoms with Crippen molar-refractivity contribution in [2.24, 2.45) is 0 Å². The maximum absolute atomic E-state index is 11.7. The molecule has 8 nitrogen and oxygen atoms in total. The van der Waals surface area contributed by atoms with Crippen LogP contribution < -0.4 is 5.32 Å². The minimum absolute atomic E-state index is 0.104. The lowest BCUT2D eigenvalue weighted by Gasteiger charge is -2.08. The fourth-order valence-corrected chi connectivity index (χ4v) is 2.23. The Hall–Kier alpha value is -2.29. The van der Waals surface area contributed by atoms with Crippen molar-refractivity contribution in [3.63, 3.8) is 0 Å². The smallest absolute Gasteiger partial charge is 0.249 e. The molecule has 0 aromatic carbocycles. The maximum Gasteiger partial charge on any atom is 0.249 e.